The summed E-state index contributed by atoms with van der Waals surface area (Å²) in [5.41, 5.74) is 0.706. The second-order valence-electron chi connectivity index (χ2n) is 7.69. The Morgan fingerprint density at radius 3 is 2.18 bits per heavy atom. The molecule has 11 heteroatoms. The lowest BCUT2D eigenvalue weighted by Crippen LogP contribution is -2.52. The van der Waals surface area contributed by atoms with Gasteiger partial charge >= 0.3 is 0 Å². The van der Waals surface area contributed by atoms with Crippen LogP contribution in [0, 0.1) is 0 Å². The SMILES string of the molecule is CCCNC(=O)C(CC)N(Cc1c(Cl)cccc1Cl)C(=O)CN(c1cccc(Cl)c1)S(C)(=O)=O. The van der Waals surface area contributed by atoms with E-state index in [0.29, 0.717) is 33.6 Å². The molecule has 0 aliphatic heterocycles. The third-order valence-corrected chi connectivity index (χ3v) is 7.18. The first-order valence-corrected chi connectivity index (χ1v) is 13.7. The number of rotatable bonds is 11. The molecular formula is C23H28Cl3N3O4S. The normalized spacial score (nSPS) is 12.2. The maximum absolute atomic E-state index is 13.6. The number of carbonyl (C=O) groups excluding carboxylic acids is 2. The molecule has 0 aliphatic rings. The lowest BCUT2D eigenvalue weighted by Gasteiger charge is -2.33. The Balaban J connectivity index is 2.48. The highest BCUT2D eigenvalue weighted by molar-refractivity contribution is 7.92. The molecule has 34 heavy (non-hydrogen) atoms. The minimum Gasteiger partial charge on any atom is -0.354 e. The summed E-state index contributed by atoms with van der Waals surface area (Å²) in [4.78, 5) is 27.8. The van der Waals surface area contributed by atoms with Gasteiger partial charge < -0.3 is 10.2 Å². The minimum absolute atomic E-state index is 0.0669. The zero-order chi connectivity index (χ0) is 25.5. The Kier molecular flexibility index (Phi) is 10.5. The first kappa shape index (κ1) is 28.2. The molecule has 1 N–H and O–H groups in total. The van der Waals surface area contributed by atoms with Gasteiger partial charge in [0, 0.05) is 33.7 Å². The van der Waals surface area contributed by atoms with E-state index in [-0.39, 0.29) is 18.1 Å². The summed E-state index contributed by atoms with van der Waals surface area (Å²) in [6.07, 6.45) is 2.03. The van der Waals surface area contributed by atoms with Crippen molar-refractivity contribution in [1.29, 1.82) is 0 Å². The zero-order valence-electron chi connectivity index (χ0n) is 19.2. The Bertz CT molecular complexity index is 1110. The number of carbonyl (C=O) groups is 2. The van der Waals surface area contributed by atoms with Crippen molar-refractivity contribution >= 4 is 62.3 Å². The van der Waals surface area contributed by atoms with Crippen molar-refractivity contribution in [2.24, 2.45) is 0 Å². The van der Waals surface area contributed by atoms with Crippen molar-refractivity contribution in [3.63, 3.8) is 0 Å². The molecular weight excluding hydrogens is 521 g/mol. The van der Waals surface area contributed by atoms with Crippen LogP contribution >= 0.6 is 34.8 Å². The maximum atomic E-state index is 13.6. The monoisotopic (exact) mass is 547 g/mol. The molecule has 0 heterocycles. The molecule has 2 aromatic carbocycles. The molecule has 186 valence electrons. The van der Waals surface area contributed by atoms with E-state index in [0.717, 1.165) is 17.0 Å². The van der Waals surface area contributed by atoms with E-state index in [9.17, 15) is 18.0 Å². The fourth-order valence-electron chi connectivity index (χ4n) is 3.38. The van der Waals surface area contributed by atoms with Crippen LogP contribution in [0.2, 0.25) is 15.1 Å². The lowest BCUT2D eigenvalue weighted by molar-refractivity contribution is -0.140. The number of nitrogens with zero attached hydrogens (tertiary/aromatic N) is 2. The van der Waals surface area contributed by atoms with E-state index in [1.807, 2.05) is 6.92 Å². The fourth-order valence-corrected chi connectivity index (χ4v) is 4.93. The second kappa shape index (κ2) is 12.6. The molecule has 0 saturated heterocycles. The first-order valence-electron chi connectivity index (χ1n) is 10.7. The van der Waals surface area contributed by atoms with Crippen LogP contribution in [0.4, 0.5) is 5.69 Å². The highest BCUT2D eigenvalue weighted by Crippen LogP contribution is 2.28. The first-order chi connectivity index (χ1) is 16.0. The van der Waals surface area contributed by atoms with Crippen LogP contribution < -0.4 is 9.62 Å². The van der Waals surface area contributed by atoms with Gasteiger partial charge in [0.25, 0.3) is 0 Å². The number of amides is 2. The van der Waals surface area contributed by atoms with Crippen LogP contribution in [0.3, 0.4) is 0 Å². The molecule has 1 atom stereocenters. The topological polar surface area (TPSA) is 86.8 Å². The van der Waals surface area contributed by atoms with Crippen molar-refractivity contribution in [1.82, 2.24) is 10.2 Å². The molecule has 0 saturated carbocycles. The lowest BCUT2D eigenvalue weighted by atomic mass is 10.1. The van der Waals surface area contributed by atoms with Crippen molar-refractivity contribution in [2.45, 2.75) is 39.3 Å². The molecule has 2 amide bonds. The van der Waals surface area contributed by atoms with Gasteiger partial charge in [-0.15, -0.1) is 0 Å². The Hall–Kier alpha value is -2.00. The Morgan fingerprint density at radius 2 is 1.65 bits per heavy atom. The quantitative estimate of drug-likeness (QED) is 0.439. The van der Waals surface area contributed by atoms with Crippen molar-refractivity contribution in [3.05, 3.63) is 63.1 Å². The molecule has 0 aliphatic carbocycles. The largest absolute Gasteiger partial charge is 0.354 e. The van der Waals surface area contributed by atoms with Crippen molar-refractivity contribution in [2.75, 3.05) is 23.7 Å². The molecule has 1 unspecified atom stereocenters. The van der Waals surface area contributed by atoms with Gasteiger partial charge in [-0.1, -0.05) is 60.8 Å². The predicted molar refractivity (Wildman–Crippen MR) is 138 cm³/mol. The van der Waals surface area contributed by atoms with Gasteiger partial charge in [0.1, 0.15) is 12.6 Å². The van der Waals surface area contributed by atoms with Gasteiger partial charge in [0.2, 0.25) is 21.8 Å². The Morgan fingerprint density at radius 1 is 1.03 bits per heavy atom. The smallest absolute Gasteiger partial charge is 0.244 e. The summed E-state index contributed by atoms with van der Waals surface area (Å²) in [7, 11) is -3.84. The average Bonchev–Trinajstić information content (AvgIpc) is 2.76. The van der Waals surface area contributed by atoms with Gasteiger partial charge in [-0.2, -0.15) is 0 Å². The summed E-state index contributed by atoms with van der Waals surface area (Å²) in [6, 6.07) is 10.3. The third kappa shape index (κ3) is 7.50. The van der Waals surface area contributed by atoms with E-state index < -0.39 is 28.5 Å². The molecule has 0 aromatic heterocycles. The van der Waals surface area contributed by atoms with Crippen LogP contribution in [0.5, 0.6) is 0 Å². The number of halogens is 3. The van der Waals surface area contributed by atoms with E-state index >= 15 is 0 Å². The molecule has 0 bridgehead atoms. The predicted octanol–water partition coefficient (Wildman–Crippen LogP) is 4.75. The number of nitrogens with one attached hydrogen (secondary N) is 1. The van der Waals surface area contributed by atoms with Crippen molar-refractivity contribution < 1.29 is 18.0 Å². The van der Waals surface area contributed by atoms with Crippen molar-refractivity contribution in [3.8, 4) is 0 Å². The molecule has 2 aromatic rings. The standard InChI is InChI=1S/C23H28Cl3N3O4S/c1-4-12-27-23(31)21(5-2)28(14-18-19(25)10-7-11-20(18)26)22(30)15-29(34(3,32)33)17-9-6-8-16(24)13-17/h6-11,13,21H,4-5,12,14-15H2,1-3H3,(H,27,31). The molecule has 7 nitrogen and oxygen atoms in total. The molecule has 2 rings (SSSR count). The molecule has 0 spiro atoms. The van der Waals surface area contributed by atoms with Gasteiger partial charge in [0.15, 0.2) is 0 Å². The second-order valence-corrected chi connectivity index (χ2v) is 10.8. The number of anilines is 1. The highest BCUT2D eigenvalue weighted by Gasteiger charge is 2.32. The van der Waals surface area contributed by atoms with Gasteiger partial charge in [-0.05, 0) is 43.2 Å². The number of sulfonamides is 1. The van der Waals surface area contributed by atoms with E-state index in [1.54, 1.807) is 43.3 Å². The summed E-state index contributed by atoms with van der Waals surface area (Å²) in [5.74, 6) is -0.922. The van der Waals surface area contributed by atoms with Gasteiger partial charge in [-0.3, -0.25) is 13.9 Å². The highest BCUT2D eigenvalue weighted by atomic mass is 35.5. The van der Waals surface area contributed by atoms with Crippen LogP contribution in [0.15, 0.2) is 42.5 Å². The summed E-state index contributed by atoms with van der Waals surface area (Å²) < 4.78 is 26.1. The van der Waals surface area contributed by atoms with E-state index in [1.165, 1.54) is 11.0 Å². The van der Waals surface area contributed by atoms with E-state index in [2.05, 4.69) is 5.32 Å². The van der Waals surface area contributed by atoms with Gasteiger partial charge in [0.05, 0.1) is 11.9 Å². The number of hydrogen-bond acceptors (Lipinski definition) is 4. The summed E-state index contributed by atoms with van der Waals surface area (Å²) >= 11 is 18.7. The van der Waals surface area contributed by atoms with Crippen LogP contribution in [-0.4, -0.2) is 50.5 Å². The average molecular weight is 549 g/mol. The van der Waals surface area contributed by atoms with Gasteiger partial charge in [-0.25, -0.2) is 8.42 Å². The molecule has 0 radical (unpaired) electrons. The summed E-state index contributed by atoms with van der Waals surface area (Å²) in [5, 5.41) is 3.81. The fraction of sp³-hybridized carbons (Fsp3) is 0.391. The van der Waals surface area contributed by atoms with E-state index in [4.69, 9.17) is 34.8 Å². The maximum Gasteiger partial charge on any atom is 0.244 e. The van der Waals surface area contributed by atoms with Crippen LogP contribution in [0.1, 0.15) is 32.3 Å². The number of benzene rings is 2. The number of hydrogen-bond donors (Lipinski definition) is 1. The third-order valence-electron chi connectivity index (χ3n) is 5.10. The van der Waals surface area contributed by atoms with Crippen LogP contribution in [0.25, 0.3) is 0 Å². The minimum atomic E-state index is -3.84. The zero-order valence-corrected chi connectivity index (χ0v) is 22.3. The summed E-state index contributed by atoms with van der Waals surface area (Å²) in [6.45, 7) is 3.54. The molecule has 0 fully saturated rings. The van der Waals surface area contributed by atoms with Crippen LogP contribution in [-0.2, 0) is 26.2 Å². The Labute approximate surface area is 216 Å².